The standard InChI is InChI=1S/C14H24N6O2S.2ClH/c15-14-18-12-4-6-16-5-3-11(12)13(19-14)17-7-10-23(21,22)20-8-1-2-9-20;;/h16H,1-10H2,(H3,15,17,18,19);2*1H. The summed E-state index contributed by atoms with van der Waals surface area (Å²) in [7, 11) is -3.18. The van der Waals surface area contributed by atoms with E-state index in [1.165, 1.54) is 0 Å². The summed E-state index contributed by atoms with van der Waals surface area (Å²) in [4.78, 5) is 8.58. The van der Waals surface area contributed by atoms with Crippen molar-refractivity contribution >= 4 is 46.6 Å². The second-order valence-corrected chi connectivity index (χ2v) is 8.04. The predicted molar refractivity (Wildman–Crippen MR) is 104 cm³/mol. The van der Waals surface area contributed by atoms with Gasteiger partial charge in [0, 0.05) is 38.2 Å². The fourth-order valence-electron chi connectivity index (χ4n) is 3.10. The molecule has 0 aliphatic carbocycles. The molecule has 0 saturated carbocycles. The first-order valence-electron chi connectivity index (χ1n) is 8.14. The van der Waals surface area contributed by atoms with Gasteiger partial charge in [0.05, 0.1) is 11.4 Å². The quantitative estimate of drug-likeness (QED) is 0.642. The highest BCUT2D eigenvalue weighted by atomic mass is 35.5. The van der Waals surface area contributed by atoms with E-state index in [2.05, 4.69) is 20.6 Å². The monoisotopic (exact) mass is 412 g/mol. The Morgan fingerprint density at radius 3 is 2.52 bits per heavy atom. The fraction of sp³-hybridized carbons (Fsp3) is 0.714. The summed E-state index contributed by atoms with van der Waals surface area (Å²) in [6.45, 7) is 3.34. The van der Waals surface area contributed by atoms with Crippen molar-refractivity contribution in [2.45, 2.75) is 25.7 Å². The molecule has 8 nitrogen and oxygen atoms in total. The topological polar surface area (TPSA) is 113 Å². The maximum absolute atomic E-state index is 12.3. The molecule has 144 valence electrons. The summed E-state index contributed by atoms with van der Waals surface area (Å²) in [5.41, 5.74) is 7.78. The SMILES string of the molecule is Cl.Cl.Nc1nc2c(c(NCCS(=O)(=O)N3CCCC3)n1)CCNCC2. The average Bonchev–Trinajstić information content (AvgIpc) is 2.95. The third kappa shape index (κ3) is 5.55. The molecule has 0 radical (unpaired) electrons. The van der Waals surface area contributed by atoms with Crippen LogP contribution in [0.15, 0.2) is 0 Å². The molecule has 0 unspecified atom stereocenters. The molecule has 0 aromatic carbocycles. The van der Waals surface area contributed by atoms with Gasteiger partial charge in [0.15, 0.2) is 0 Å². The third-order valence-corrected chi connectivity index (χ3v) is 6.18. The van der Waals surface area contributed by atoms with Crippen LogP contribution in [-0.2, 0) is 22.9 Å². The average molecular weight is 413 g/mol. The van der Waals surface area contributed by atoms with Crippen LogP contribution in [-0.4, -0.2) is 61.2 Å². The Kier molecular flexibility index (Phi) is 8.62. The van der Waals surface area contributed by atoms with Gasteiger partial charge in [-0.3, -0.25) is 0 Å². The molecule has 11 heteroatoms. The molecule has 1 aromatic heterocycles. The molecule has 1 aromatic rings. The first kappa shape index (κ1) is 22.2. The van der Waals surface area contributed by atoms with Crippen molar-refractivity contribution in [2.75, 3.05) is 49.5 Å². The van der Waals surface area contributed by atoms with Crippen LogP contribution < -0.4 is 16.4 Å². The highest BCUT2D eigenvalue weighted by Crippen LogP contribution is 2.20. The number of hydrogen-bond acceptors (Lipinski definition) is 7. The van der Waals surface area contributed by atoms with E-state index in [1.54, 1.807) is 4.31 Å². The minimum atomic E-state index is -3.18. The molecule has 25 heavy (non-hydrogen) atoms. The molecular weight excluding hydrogens is 387 g/mol. The van der Waals surface area contributed by atoms with Crippen molar-refractivity contribution in [1.29, 1.82) is 0 Å². The fourth-order valence-corrected chi connectivity index (χ4v) is 4.54. The first-order valence-corrected chi connectivity index (χ1v) is 9.75. The van der Waals surface area contributed by atoms with Crippen molar-refractivity contribution in [3.05, 3.63) is 11.3 Å². The van der Waals surface area contributed by atoms with Gasteiger partial charge >= 0.3 is 0 Å². The van der Waals surface area contributed by atoms with E-state index >= 15 is 0 Å². The summed E-state index contributed by atoms with van der Waals surface area (Å²) in [6.07, 6.45) is 3.53. The van der Waals surface area contributed by atoms with Gasteiger partial charge in [-0.05, 0) is 25.8 Å². The lowest BCUT2D eigenvalue weighted by molar-refractivity contribution is 0.478. The minimum absolute atomic E-state index is 0. The lowest BCUT2D eigenvalue weighted by Gasteiger charge is -2.17. The van der Waals surface area contributed by atoms with Crippen molar-refractivity contribution in [2.24, 2.45) is 0 Å². The normalized spacial score (nSPS) is 17.8. The molecule has 3 rings (SSSR count). The lowest BCUT2D eigenvalue weighted by atomic mass is 10.1. The van der Waals surface area contributed by atoms with Crippen LogP contribution in [0.2, 0.25) is 0 Å². The molecule has 0 atom stereocenters. The van der Waals surface area contributed by atoms with Gasteiger partial charge in [0.1, 0.15) is 5.82 Å². The molecule has 0 spiro atoms. The van der Waals surface area contributed by atoms with Gasteiger partial charge in [0.2, 0.25) is 16.0 Å². The zero-order valence-corrected chi connectivity index (χ0v) is 16.5. The second kappa shape index (κ2) is 9.72. The Balaban J connectivity index is 0.00000156. The predicted octanol–water partition coefficient (Wildman–Crippen LogP) is 0.428. The summed E-state index contributed by atoms with van der Waals surface area (Å²) in [6, 6.07) is 0. The van der Waals surface area contributed by atoms with E-state index in [-0.39, 0.29) is 36.5 Å². The smallest absolute Gasteiger partial charge is 0.222 e. The largest absolute Gasteiger partial charge is 0.369 e. The number of anilines is 2. The molecular formula is C14H26Cl2N6O2S. The number of hydrogen-bond donors (Lipinski definition) is 3. The van der Waals surface area contributed by atoms with Gasteiger partial charge in [-0.1, -0.05) is 0 Å². The van der Waals surface area contributed by atoms with Crippen LogP contribution in [0.5, 0.6) is 0 Å². The molecule has 1 saturated heterocycles. The van der Waals surface area contributed by atoms with Gasteiger partial charge < -0.3 is 16.4 Å². The van der Waals surface area contributed by atoms with E-state index in [9.17, 15) is 8.42 Å². The molecule has 1 fully saturated rings. The van der Waals surface area contributed by atoms with Gasteiger partial charge in [-0.15, -0.1) is 24.8 Å². The van der Waals surface area contributed by atoms with E-state index < -0.39 is 10.0 Å². The number of aromatic nitrogens is 2. The second-order valence-electron chi connectivity index (χ2n) is 5.95. The Hall–Kier alpha value is -0.870. The van der Waals surface area contributed by atoms with Crippen LogP contribution in [0.3, 0.4) is 0 Å². The van der Waals surface area contributed by atoms with Crippen molar-refractivity contribution in [3.63, 3.8) is 0 Å². The lowest BCUT2D eigenvalue weighted by Crippen LogP contribution is -2.32. The number of nitrogens with zero attached hydrogens (tertiary/aromatic N) is 3. The molecule has 0 bridgehead atoms. The highest BCUT2D eigenvalue weighted by molar-refractivity contribution is 7.89. The van der Waals surface area contributed by atoms with Crippen molar-refractivity contribution < 1.29 is 8.42 Å². The number of sulfonamides is 1. The van der Waals surface area contributed by atoms with Crippen LogP contribution in [0.4, 0.5) is 11.8 Å². The van der Waals surface area contributed by atoms with Crippen LogP contribution in [0.25, 0.3) is 0 Å². The third-order valence-electron chi connectivity index (χ3n) is 4.31. The Bertz CT molecular complexity index is 668. The zero-order chi connectivity index (χ0) is 16.3. The van der Waals surface area contributed by atoms with Gasteiger partial charge in [-0.2, -0.15) is 4.98 Å². The van der Waals surface area contributed by atoms with Crippen LogP contribution in [0.1, 0.15) is 24.1 Å². The maximum Gasteiger partial charge on any atom is 0.222 e. The van der Waals surface area contributed by atoms with Crippen LogP contribution in [0, 0.1) is 0 Å². The molecule has 2 aliphatic rings. The molecule has 2 aliphatic heterocycles. The molecule has 3 heterocycles. The number of rotatable bonds is 5. The van der Waals surface area contributed by atoms with Crippen LogP contribution >= 0.6 is 24.8 Å². The maximum atomic E-state index is 12.3. The molecule has 4 N–H and O–H groups in total. The van der Waals surface area contributed by atoms with E-state index in [0.717, 1.165) is 50.0 Å². The Morgan fingerprint density at radius 2 is 1.80 bits per heavy atom. The Morgan fingerprint density at radius 1 is 1.12 bits per heavy atom. The minimum Gasteiger partial charge on any atom is -0.369 e. The highest BCUT2D eigenvalue weighted by Gasteiger charge is 2.25. The van der Waals surface area contributed by atoms with E-state index in [0.29, 0.717) is 25.5 Å². The number of nitrogen functional groups attached to an aromatic ring is 1. The summed E-state index contributed by atoms with van der Waals surface area (Å²) in [5, 5.41) is 6.48. The van der Waals surface area contributed by atoms with Crippen molar-refractivity contribution in [3.8, 4) is 0 Å². The van der Waals surface area contributed by atoms with Crippen molar-refractivity contribution in [1.82, 2.24) is 19.6 Å². The van der Waals surface area contributed by atoms with Gasteiger partial charge in [-0.25, -0.2) is 17.7 Å². The summed E-state index contributed by atoms with van der Waals surface area (Å²) < 4.78 is 26.1. The Labute approximate surface area is 161 Å². The zero-order valence-electron chi connectivity index (χ0n) is 14.0. The molecule has 0 amide bonds. The van der Waals surface area contributed by atoms with E-state index in [1.807, 2.05) is 0 Å². The first-order chi connectivity index (χ1) is 11.1. The summed E-state index contributed by atoms with van der Waals surface area (Å²) in [5.74, 6) is 0.979. The number of nitrogens with two attached hydrogens (primary N) is 1. The number of halogens is 2. The van der Waals surface area contributed by atoms with E-state index in [4.69, 9.17) is 5.73 Å². The summed E-state index contributed by atoms with van der Waals surface area (Å²) >= 11 is 0. The number of fused-ring (bicyclic) bond motifs is 1. The number of nitrogens with one attached hydrogen (secondary N) is 2. The van der Waals surface area contributed by atoms with Gasteiger partial charge in [0.25, 0.3) is 0 Å².